The van der Waals surface area contributed by atoms with Gasteiger partial charge in [0, 0.05) is 37.1 Å². The Morgan fingerprint density at radius 1 is 1.25 bits per heavy atom. The highest BCUT2D eigenvalue weighted by Crippen LogP contribution is 2.36. The summed E-state index contributed by atoms with van der Waals surface area (Å²) < 4.78 is 0. The van der Waals surface area contributed by atoms with E-state index in [1.807, 2.05) is 11.3 Å². The van der Waals surface area contributed by atoms with Gasteiger partial charge < -0.3 is 10.2 Å². The van der Waals surface area contributed by atoms with E-state index in [9.17, 15) is 0 Å². The zero-order valence-electron chi connectivity index (χ0n) is 12.9. The molecule has 5 heteroatoms. The zero-order valence-corrected chi connectivity index (χ0v) is 13.7. The summed E-state index contributed by atoms with van der Waals surface area (Å²) in [6, 6.07) is 1.14. The van der Waals surface area contributed by atoms with E-state index in [0.717, 1.165) is 26.2 Å². The number of rotatable bonds is 3. The largest absolute Gasteiger partial charge is 0.346 e. The van der Waals surface area contributed by atoms with Gasteiger partial charge in [0.25, 0.3) is 0 Å². The number of anilines is 1. The van der Waals surface area contributed by atoms with Crippen LogP contribution >= 0.6 is 11.3 Å². The molecule has 0 amide bonds. The molecule has 1 aromatic heterocycles. The topological polar surface area (TPSA) is 31.4 Å². The highest BCUT2D eigenvalue weighted by atomic mass is 32.1. The number of hydrogen-bond donors (Lipinski definition) is 1. The van der Waals surface area contributed by atoms with Crippen molar-refractivity contribution in [1.29, 1.82) is 0 Å². The Morgan fingerprint density at radius 2 is 2.00 bits per heavy atom. The molecule has 4 nitrogen and oxygen atoms in total. The maximum Gasteiger partial charge on any atom is 0.185 e. The van der Waals surface area contributed by atoms with Crippen LogP contribution < -0.4 is 10.2 Å². The third-order valence-electron chi connectivity index (χ3n) is 4.61. The van der Waals surface area contributed by atoms with Gasteiger partial charge in [0.15, 0.2) is 5.13 Å². The van der Waals surface area contributed by atoms with Crippen LogP contribution in [-0.2, 0) is 6.42 Å². The summed E-state index contributed by atoms with van der Waals surface area (Å²) in [5.41, 5.74) is 1.32. The minimum absolute atomic E-state index is 0.473. The first kappa shape index (κ1) is 14.3. The Morgan fingerprint density at radius 3 is 2.65 bits per heavy atom. The molecular weight excluding hydrogens is 268 g/mol. The fraction of sp³-hybridized carbons (Fsp3) is 0.800. The maximum absolute atomic E-state index is 4.96. The normalized spacial score (nSPS) is 24.2. The highest BCUT2D eigenvalue weighted by Gasteiger charge is 2.27. The number of nitrogens with zero attached hydrogens (tertiary/aromatic N) is 3. The molecule has 0 bridgehead atoms. The fourth-order valence-electron chi connectivity index (χ4n) is 3.25. The first-order chi connectivity index (χ1) is 9.69. The predicted octanol–water partition coefficient (Wildman–Crippen LogP) is 2.27. The van der Waals surface area contributed by atoms with E-state index in [4.69, 9.17) is 4.98 Å². The van der Waals surface area contributed by atoms with E-state index >= 15 is 0 Å². The second-order valence-corrected chi connectivity index (χ2v) is 7.22. The number of nitrogens with one attached hydrogen (secondary N) is 1. The summed E-state index contributed by atoms with van der Waals surface area (Å²) in [5, 5.41) is 4.67. The molecule has 0 aromatic carbocycles. The van der Waals surface area contributed by atoms with E-state index in [-0.39, 0.29) is 0 Å². The molecule has 0 spiro atoms. The average Bonchev–Trinajstić information content (AvgIpc) is 2.91. The van der Waals surface area contributed by atoms with Crippen LogP contribution in [0.5, 0.6) is 0 Å². The number of aromatic nitrogens is 1. The summed E-state index contributed by atoms with van der Waals surface area (Å²) in [4.78, 5) is 11.5. The number of hydrogen-bond acceptors (Lipinski definition) is 5. The van der Waals surface area contributed by atoms with Crippen LogP contribution in [-0.4, -0.2) is 49.2 Å². The summed E-state index contributed by atoms with van der Waals surface area (Å²) in [6.07, 6.45) is 3.74. The number of aryl methyl sites for hydroxylation is 1. The van der Waals surface area contributed by atoms with E-state index in [0.29, 0.717) is 12.1 Å². The highest BCUT2D eigenvalue weighted by molar-refractivity contribution is 7.15. The van der Waals surface area contributed by atoms with Gasteiger partial charge in [-0.2, -0.15) is 0 Å². The molecule has 1 aliphatic carbocycles. The molecule has 3 rings (SSSR count). The standard InChI is InChI=1S/C15H26N4S/c1-11(2)18-7-9-19(10-8-18)15-17-14-12(16-3)5-4-6-13(14)20-15/h11-12,16H,4-10H2,1-3H3. The molecule has 112 valence electrons. The molecule has 2 heterocycles. The molecule has 1 atom stereocenters. The quantitative estimate of drug-likeness (QED) is 0.927. The molecule has 1 unspecified atom stereocenters. The molecule has 2 aliphatic rings. The lowest BCUT2D eigenvalue weighted by Crippen LogP contribution is -2.48. The Bertz CT molecular complexity index is 449. The van der Waals surface area contributed by atoms with Crippen molar-refractivity contribution in [2.75, 3.05) is 38.1 Å². The van der Waals surface area contributed by atoms with Crippen molar-refractivity contribution in [2.45, 2.75) is 45.2 Å². The minimum atomic E-state index is 0.473. The molecule has 0 saturated carbocycles. The van der Waals surface area contributed by atoms with Crippen molar-refractivity contribution >= 4 is 16.5 Å². The van der Waals surface area contributed by atoms with Crippen molar-refractivity contribution in [3.63, 3.8) is 0 Å². The second-order valence-electron chi connectivity index (χ2n) is 6.16. The lowest BCUT2D eigenvalue weighted by atomic mass is 9.98. The molecular formula is C15H26N4S. The number of fused-ring (bicyclic) bond motifs is 1. The zero-order chi connectivity index (χ0) is 14.1. The molecule has 20 heavy (non-hydrogen) atoms. The fourth-order valence-corrected chi connectivity index (χ4v) is 4.47. The number of piperazine rings is 1. The Balaban J connectivity index is 1.71. The second kappa shape index (κ2) is 6.00. The monoisotopic (exact) mass is 294 g/mol. The molecule has 1 aromatic rings. The minimum Gasteiger partial charge on any atom is -0.346 e. The first-order valence-electron chi connectivity index (χ1n) is 7.85. The van der Waals surface area contributed by atoms with Crippen LogP contribution in [0.2, 0.25) is 0 Å². The molecule has 1 aliphatic heterocycles. The van der Waals surface area contributed by atoms with Gasteiger partial charge in [-0.15, -0.1) is 11.3 Å². The van der Waals surface area contributed by atoms with Crippen LogP contribution in [0.3, 0.4) is 0 Å². The van der Waals surface area contributed by atoms with Crippen LogP contribution in [0.4, 0.5) is 5.13 Å². The predicted molar refractivity (Wildman–Crippen MR) is 85.8 cm³/mol. The van der Waals surface area contributed by atoms with Crippen molar-refractivity contribution in [2.24, 2.45) is 0 Å². The smallest absolute Gasteiger partial charge is 0.185 e. The van der Waals surface area contributed by atoms with E-state index < -0.39 is 0 Å². The summed E-state index contributed by atoms with van der Waals surface area (Å²) in [6.45, 7) is 9.14. The van der Waals surface area contributed by atoms with Crippen LogP contribution in [0, 0.1) is 0 Å². The van der Waals surface area contributed by atoms with Gasteiger partial charge in [-0.3, -0.25) is 4.90 Å². The summed E-state index contributed by atoms with van der Waals surface area (Å²) >= 11 is 1.93. The molecule has 1 saturated heterocycles. The first-order valence-corrected chi connectivity index (χ1v) is 8.66. The van der Waals surface area contributed by atoms with Crippen molar-refractivity contribution in [3.8, 4) is 0 Å². The average molecular weight is 294 g/mol. The van der Waals surface area contributed by atoms with Gasteiger partial charge >= 0.3 is 0 Å². The van der Waals surface area contributed by atoms with Gasteiger partial charge in [0.2, 0.25) is 0 Å². The van der Waals surface area contributed by atoms with Gasteiger partial charge in [0.1, 0.15) is 0 Å². The Kier molecular flexibility index (Phi) is 4.29. The van der Waals surface area contributed by atoms with Crippen molar-refractivity contribution in [1.82, 2.24) is 15.2 Å². The van der Waals surface area contributed by atoms with Gasteiger partial charge in [0.05, 0.1) is 11.7 Å². The van der Waals surface area contributed by atoms with Crippen LogP contribution in [0.15, 0.2) is 0 Å². The Hall–Kier alpha value is -0.650. The molecule has 1 fully saturated rings. The van der Waals surface area contributed by atoms with Gasteiger partial charge in [-0.05, 0) is 40.2 Å². The van der Waals surface area contributed by atoms with Crippen LogP contribution in [0.25, 0.3) is 0 Å². The Labute approximate surface area is 126 Å². The van der Waals surface area contributed by atoms with Gasteiger partial charge in [-0.1, -0.05) is 0 Å². The van der Waals surface area contributed by atoms with Crippen molar-refractivity contribution in [3.05, 3.63) is 10.6 Å². The lowest BCUT2D eigenvalue weighted by Gasteiger charge is -2.36. The maximum atomic E-state index is 4.96. The van der Waals surface area contributed by atoms with E-state index in [1.165, 1.54) is 35.0 Å². The number of thiazole rings is 1. The molecule has 1 N–H and O–H groups in total. The third-order valence-corrected chi connectivity index (χ3v) is 5.80. The van der Waals surface area contributed by atoms with Gasteiger partial charge in [-0.25, -0.2) is 4.98 Å². The summed E-state index contributed by atoms with van der Waals surface area (Å²) in [5.74, 6) is 0. The van der Waals surface area contributed by atoms with E-state index in [2.05, 4.69) is 36.0 Å². The third kappa shape index (κ3) is 2.71. The summed E-state index contributed by atoms with van der Waals surface area (Å²) in [7, 11) is 2.06. The molecule has 0 radical (unpaired) electrons. The van der Waals surface area contributed by atoms with E-state index in [1.54, 1.807) is 0 Å². The van der Waals surface area contributed by atoms with Crippen molar-refractivity contribution < 1.29 is 0 Å². The van der Waals surface area contributed by atoms with Crippen LogP contribution in [0.1, 0.15) is 43.3 Å². The SMILES string of the molecule is CNC1CCCc2sc(N3CCN(C(C)C)CC3)nc21. The lowest BCUT2D eigenvalue weighted by molar-refractivity contribution is 0.209.